The van der Waals surface area contributed by atoms with Crippen LogP contribution in [-0.2, 0) is 18.6 Å². The molecule has 0 bridgehead atoms. The molecule has 0 atom stereocenters. The Balaban J connectivity index is 0. The number of carboxylic acid groups (broad SMARTS) is 2. The van der Waals surface area contributed by atoms with E-state index >= 15 is 0 Å². The van der Waals surface area contributed by atoms with Crippen LogP contribution in [0.25, 0.3) is 0 Å². The third kappa shape index (κ3) is 625. The molecule has 1 radical (unpaired) electrons. The average molecular weight is 111 g/mol. The Hall–Kier alpha value is -0.146. The molecule has 4 heteroatoms. The molecule has 0 spiro atoms. The molecule has 0 aliphatic carbocycles. The third-order valence-corrected chi connectivity index (χ3v) is 0. The largest absolute Gasteiger partial charge is 0.652 e. The molecule has 29 valence electrons. The van der Waals surface area contributed by atoms with Gasteiger partial charge in [0, 0.05) is 18.6 Å². The molecule has 0 saturated carbocycles. The SMILES string of the molecule is O=C([O-])[O-].[V]. The molecular weight excluding hydrogens is 111 g/mol. The van der Waals surface area contributed by atoms with Crippen molar-refractivity contribution in [2.24, 2.45) is 0 Å². The topological polar surface area (TPSA) is 63.2 Å². The summed E-state index contributed by atoms with van der Waals surface area (Å²) >= 11 is 0. The van der Waals surface area contributed by atoms with Gasteiger partial charge in [0.25, 0.3) is 0 Å². The molecule has 3 nitrogen and oxygen atoms in total. The zero-order chi connectivity index (χ0) is 3.58. The summed E-state index contributed by atoms with van der Waals surface area (Å²) in [7, 11) is 0. The predicted molar refractivity (Wildman–Crippen MR) is 5.40 cm³/mol. The molecule has 0 aromatic carbocycles. The van der Waals surface area contributed by atoms with Crippen molar-refractivity contribution in [3.8, 4) is 0 Å². The van der Waals surface area contributed by atoms with Crippen LogP contribution >= 0.6 is 0 Å². The van der Waals surface area contributed by atoms with Gasteiger partial charge in [0.05, 0.1) is 0 Å². The summed E-state index contributed by atoms with van der Waals surface area (Å²) in [5.74, 6) is 0. The Bertz CT molecular complexity index is 29.9. The summed E-state index contributed by atoms with van der Waals surface area (Å²) in [6.45, 7) is 0. The van der Waals surface area contributed by atoms with Crippen LogP contribution < -0.4 is 10.2 Å². The van der Waals surface area contributed by atoms with E-state index in [-0.39, 0.29) is 18.6 Å². The van der Waals surface area contributed by atoms with E-state index in [9.17, 15) is 0 Å². The standard InChI is InChI=1S/CH2O3.V/c2-1(3)4;/h(H2,2,3,4);/p-2. The second-order valence-corrected chi connectivity index (χ2v) is 0.250. The maximum Gasteiger partial charge on any atom is 0 e. The smallest absolute Gasteiger partial charge is 0 e. The van der Waals surface area contributed by atoms with Crippen molar-refractivity contribution in [2.75, 3.05) is 0 Å². The maximum atomic E-state index is 8.33. The minimum absolute atomic E-state index is 0. The second-order valence-electron chi connectivity index (χ2n) is 0.250. The molecule has 0 saturated heterocycles. The van der Waals surface area contributed by atoms with Crippen molar-refractivity contribution in [2.45, 2.75) is 0 Å². The van der Waals surface area contributed by atoms with Crippen LogP contribution in [-0.4, -0.2) is 6.16 Å². The van der Waals surface area contributed by atoms with Crippen molar-refractivity contribution in [3.05, 3.63) is 0 Å². The van der Waals surface area contributed by atoms with Crippen LogP contribution in [0.15, 0.2) is 0 Å². The normalized spacial score (nSPS) is 4.80. The molecule has 0 aromatic heterocycles. The molecule has 0 aromatic rings. The van der Waals surface area contributed by atoms with Gasteiger partial charge in [-0.25, -0.2) is 0 Å². The number of rotatable bonds is 0. The summed E-state index contributed by atoms with van der Waals surface area (Å²) in [5.41, 5.74) is 0. The van der Waals surface area contributed by atoms with Crippen LogP contribution in [0.5, 0.6) is 0 Å². The fourth-order valence-electron chi connectivity index (χ4n) is 0. The Labute approximate surface area is 40.5 Å². The van der Waals surface area contributed by atoms with E-state index in [0.717, 1.165) is 0 Å². The number of carbonyl (C=O) groups excluding carboxylic acids is 1. The van der Waals surface area contributed by atoms with Crippen LogP contribution in [0.2, 0.25) is 0 Å². The Morgan fingerprint density at radius 1 is 1.40 bits per heavy atom. The van der Waals surface area contributed by atoms with Gasteiger partial charge in [-0.05, 0) is 6.16 Å². The van der Waals surface area contributed by atoms with Crippen molar-refractivity contribution < 1.29 is 33.6 Å². The summed E-state index contributed by atoms with van der Waals surface area (Å²) in [4.78, 5) is 8.33. The summed E-state index contributed by atoms with van der Waals surface area (Å²) in [6, 6.07) is 0. The van der Waals surface area contributed by atoms with Crippen LogP contribution in [0.4, 0.5) is 4.79 Å². The zero-order valence-corrected chi connectivity index (χ0v) is 3.57. The molecular formula is CO3V-2. The Morgan fingerprint density at radius 2 is 1.40 bits per heavy atom. The second kappa shape index (κ2) is 3.85. The van der Waals surface area contributed by atoms with Crippen LogP contribution in [0.1, 0.15) is 0 Å². The van der Waals surface area contributed by atoms with Gasteiger partial charge >= 0.3 is 0 Å². The van der Waals surface area contributed by atoms with Crippen LogP contribution in [0, 0.1) is 0 Å². The van der Waals surface area contributed by atoms with Gasteiger partial charge in [0.1, 0.15) is 0 Å². The number of hydrogen-bond acceptors (Lipinski definition) is 3. The summed E-state index contributed by atoms with van der Waals surface area (Å²) in [6.07, 6.45) is -2.33. The first kappa shape index (κ1) is 8.85. The molecule has 5 heavy (non-hydrogen) atoms. The van der Waals surface area contributed by atoms with Gasteiger partial charge in [0.2, 0.25) is 0 Å². The van der Waals surface area contributed by atoms with Gasteiger partial charge in [-0.15, -0.1) is 0 Å². The van der Waals surface area contributed by atoms with Crippen molar-refractivity contribution >= 4 is 6.16 Å². The molecule has 0 N–H and O–H groups in total. The average Bonchev–Trinajstić information content (AvgIpc) is 0.811. The van der Waals surface area contributed by atoms with E-state index in [2.05, 4.69) is 0 Å². The fourth-order valence-corrected chi connectivity index (χ4v) is 0. The summed E-state index contributed by atoms with van der Waals surface area (Å²) in [5, 5.41) is 16.7. The van der Waals surface area contributed by atoms with Crippen molar-refractivity contribution in [3.63, 3.8) is 0 Å². The minimum atomic E-state index is -2.33. The van der Waals surface area contributed by atoms with Crippen molar-refractivity contribution in [1.82, 2.24) is 0 Å². The number of carbonyl (C=O) groups is 1. The van der Waals surface area contributed by atoms with Gasteiger partial charge in [-0.1, -0.05) is 0 Å². The van der Waals surface area contributed by atoms with E-state index in [0.29, 0.717) is 0 Å². The molecule has 0 heterocycles. The predicted octanol–water partition coefficient (Wildman–Crippen LogP) is -2.45. The quantitative estimate of drug-likeness (QED) is 0.348. The van der Waals surface area contributed by atoms with E-state index in [1.807, 2.05) is 0 Å². The number of hydrogen-bond donors (Lipinski definition) is 0. The van der Waals surface area contributed by atoms with E-state index in [4.69, 9.17) is 15.0 Å². The molecule has 0 fully saturated rings. The maximum absolute atomic E-state index is 8.33. The first-order valence-corrected chi connectivity index (χ1v) is 0.612. The molecule has 0 rings (SSSR count). The van der Waals surface area contributed by atoms with Gasteiger partial charge in [-0.3, -0.25) is 0 Å². The van der Waals surface area contributed by atoms with Gasteiger partial charge in [-0.2, -0.15) is 0 Å². The first-order valence-electron chi connectivity index (χ1n) is 0.612. The van der Waals surface area contributed by atoms with E-state index < -0.39 is 6.16 Å². The Morgan fingerprint density at radius 3 is 1.40 bits per heavy atom. The minimum Gasteiger partial charge on any atom is -0.652 e. The van der Waals surface area contributed by atoms with E-state index in [1.165, 1.54) is 0 Å². The zero-order valence-electron chi connectivity index (χ0n) is 2.17. The van der Waals surface area contributed by atoms with Gasteiger partial charge < -0.3 is 15.0 Å². The molecule has 0 amide bonds. The van der Waals surface area contributed by atoms with Gasteiger partial charge in [0.15, 0.2) is 0 Å². The monoisotopic (exact) mass is 111 g/mol. The Kier molecular flexibility index (Phi) is 6.82. The fraction of sp³-hybridized carbons (Fsp3) is 0. The first-order chi connectivity index (χ1) is 1.73. The van der Waals surface area contributed by atoms with Crippen molar-refractivity contribution in [1.29, 1.82) is 0 Å². The molecule has 0 aliphatic rings. The van der Waals surface area contributed by atoms with Crippen LogP contribution in [0.3, 0.4) is 0 Å². The molecule has 0 unspecified atom stereocenters. The van der Waals surface area contributed by atoms with E-state index in [1.54, 1.807) is 0 Å². The third-order valence-electron chi connectivity index (χ3n) is 0. The summed E-state index contributed by atoms with van der Waals surface area (Å²) < 4.78 is 0. The molecule has 0 aliphatic heterocycles.